The zero-order valence-corrected chi connectivity index (χ0v) is 14.5. The number of amides is 1. The number of hydrogen-bond acceptors (Lipinski definition) is 4. The van der Waals surface area contributed by atoms with Crippen LogP contribution in [0.1, 0.15) is 17.9 Å². The summed E-state index contributed by atoms with van der Waals surface area (Å²) in [5.74, 6) is 1.73. The number of nitrogens with zero attached hydrogens (tertiary/aromatic N) is 2. The second-order valence-electron chi connectivity index (χ2n) is 6.10. The van der Waals surface area contributed by atoms with E-state index in [0.29, 0.717) is 13.1 Å². The van der Waals surface area contributed by atoms with E-state index in [1.165, 1.54) is 10.6 Å². The van der Waals surface area contributed by atoms with Gasteiger partial charge in [0.25, 0.3) is 5.56 Å². The van der Waals surface area contributed by atoms with Gasteiger partial charge in [0.1, 0.15) is 18.0 Å². The zero-order valence-electron chi connectivity index (χ0n) is 14.5. The van der Waals surface area contributed by atoms with Crippen molar-refractivity contribution in [2.45, 2.75) is 18.9 Å². The summed E-state index contributed by atoms with van der Waals surface area (Å²) < 4.78 is 12.2. The summed E-state index contributed by atoms with van der Waals surface area (Å²) in [6, 6.07) is 10.6. The van der Waals surface area contributed by atoms with Gasteiger partial charge in [0.15, 0.2) is 0 Å². The van der Waals surface area contributed by atoms with Crippen molar-refractivity contribution in [3.8, 4) is 11.5 Å². The van der Waals surface area contributed by atoms with Gasteiger partial charge in [-0.2, -0.15) is 0 Å². The van der Waals surface area contributed by atoms with Gasteiger partial charge in [0.05, 0.1) is 14.2 Å². The van der Waals surface area contributed by atoms with Gasteiger partial charge in [-0.15, -0.1) is 0 Å². The number of benzene rings is 1. The molecule has 132 valence electrons. The summed E-state index contributed by atoms with van der Waals surface area (Å²) in [5, 5.41) is 0. The second kappa shape index (κ2) is 7.42. The number of carbonyl (C=O) groups excluding carboxylic acids is 1. The molecule has 0 spiro atoms. The first-order chi connectivity index (χ1) is 12.1. The van der Waals surface area contributed by atoms with Gasteiger partial charge in [-0.3, -0.25) is 9.59 Å². The van der Waals surface area contributed by atoms with Gasteiger partial charge < -0.3 is 18.9 Å². The predicted octanol–water partition coefficient (Wildman–Crippen LogP) is 1.88. The van der Waals surface area contributed by atoms with Crippen molar-refractivity contribution < 1.29 is 14.3 Å². The standard InChI is InChI=1S/C19H22N2O4/c1-24-15-6-7-17(25-2)16(11-15)14-8-10-21(12-14)19(23)13-20-9-4-3-5-18(20)22/h3-7,9,11,14H,8,10,12-13H2,1-2H3/t14-/m1/s1. The molecule has 0 N–H and O–H groups in total. The maximum Gasteiger partial charge on any atom is 0.250 e. The van der Waals surface area contributed by atoms with E-state index in [4.69, 9.17) is 9.47 Å². The zero-order chi connectivity index (χ0) is 17.8. The molecule has 0 bridgehead atoms. The van der Waals surface area contributed by atoms with Crippen molar-refractivity contribution in [1.29, 1.82) is 0 Å². The van der Waals surface area contributed by atoms with Gasteiger partial charge >= 0.3 is 0 Å². The van der Waals surface area contributed by atoms with Crippen molar-refractivity contribution in [3.05, 3.63) is 58.5 Å². The van der Waals surface area contributed by atoms with Crippen LogP contribution >= 0.6 is 0 Å². The molecular formula is C19H22N2O4. The number of hydrogen-bond donors (Lipinski definition) is 0. The normalized spacial score (nSPS) is 16.7. The molecule has 2 heterocycles. The van der Waals surface area contributed by atoms with Crippen molar-refractivity contribution in [2.75, 3.05) is 27.3 Å². The van der Waals surface area contributed by atoms with Crippen LogP contribution in [0.4, 0.5) is 0 Å². The molecule has 1 aromatic heterocycles. The Labute approximate surface area is 146 Å². The molecular weight excluding hydrogens is 320 g/mol. The van der Waals surface area contributed by atoms with E-state index >= 15 is 0 Å². The van der Waals surface area contributed by atoms with Crippen LogP contribution in [0.15, 0.2) is 47.4 Å². The number of carbonyl (C=O) groups is 1. The number of methoxy groups -OCH3 is 2. The number of aromatic nitrogens is 1. The molecule has 3 rings (SSSR count). The Balaban J connectivity index is 1.72. The van der Waals surface area contributed by atoms with Crippen molar-refractivity contribution >= 4 is 5.91 Å². The van der Waals surface area contributed by atoms with Crippen LogP contribution in [-0.4, -0.2) is 42.7 Å². The highest BCUT2D eigenvalue weighted by Gasteiger charge is 2.29. The molecule has 0 radical (unpaired) electrons. The molecule has 6 nitrogen and oxygen atoms in total. The molecule has 1 aromatic carbocycles. The Morgan fingerprint density at radius 1 is 1.20 bits per heavy atom. The minimum atomic E-state index is -0.166. The summed E-state index contributed by atoms with van der Waals surface area (Å²) in [7, 11) is 3.28. The Bertz CT molecular complexity index is 815. The molecule has 6 heteroatoms. The number of likely N-dealkylation sites (tertiary alicyclic amines) is 1. The lowest BCUT2D eigenvalue weighted by atomic mass is 9.97. The van der Waals surface area contributed by atoms with E-state index in [1.807, 2.05) is 23.1 Å². The third kappa shape index (κ3) is 3.68. The average molecular weight is 342 g/mol. The van der Waals surface area contributed by atoms with E-state index in [-0.39, 0.29) is 23.9 Å². The van der Waals surface area contributed by atoms with Crippen LogP contribution in [0.25, 0.3) is 0 Å². The van der Waals surface area contributed by atoms with Crippen LogP contribution in [0.3, 0.4) is 0 Å². The summed E-state index contributed by atoms with van der Waals surface area (Å²) in [6.45, 7) is 1.36. The van der Waals surface area contributed by atoms with Crippen LogP contribution < -0.4 is 15.0 Å². The van der Waals surface area contributed by atoms with Crippen molar-refractivity contribution in [3.63, 3.8) is 0 Å². The Hall–Kier alpha value is -2.76. The maximum atomic E-state index is 12.5. The van der Waals surface area contributed by atoms with Gasteiger partial charge in [0.2, 0.25) is 5.91 Å². The molecule has 0 saturated carbocycles. The van der Waals surface area contributed by atoms with Gasteiger partial charge in [-0.1, -0.05) is 6.07 Å². The minimum Gasteiger partial charge on any atom is -0.497 e. The van der Waals surface area contributed by atoms with E-state index in [1.54, 1.807) is 32.5 Å². The first-order valence-electron chi connectivity index (χ1n) is 8.27. The lowest BCUT2D eigenvalue weighted by molar-refractivity contribution is -0.130. The van der Waals surface area contributed by atoms with E-state index < -0.39 is 0 Å². The van der Waals surface area contributed by atoms with E-state index in [0.717, 1.165) is 23.5 Å². The second-order valence-corrected chi connectivity index (χ2v) is 6.10. The lowest BCUT2D eigenvalue weighted by Gasteiger charge is -2.19. The highest BCUT2D eigenvalue weighted by Crippen LogP contribution is 2.36. The number of ether oxygens (including phenoxy) is 2. The average Bonchev–Trinajstić information content (AvgIpc) is 3.13. The Kier molecular flexibility index (Phi) is 5.07. The van der Waals surface area contributed by atoms with Crippen molar-refractivity contribution in [2.24, 2.45) is 0 Å². The molecule has 1 amide bonds. The quantitative estimate of drug-likeness (QED) is 0.832. The molecule has 2 aromatic rings. The Morgan fingerprint density at radius 3 is 2.76 bits per heavy atom. The summed E-state index contributed by atoms with van der Waals surface area (Å²) >= 11 is 0. The summed E-state index contributed by atoms with van der Waals surface area (Å²) in [4.78, 5) is 26.1. The van der Waals surface area contributed by atoms with Crippen LogP contribution in [0, 0.1) is 0 Å². The smallest absolute Gasteiger partial charge is 0.250 e. The molecule has 1 aliphatic heterocycles. The number of rotatable bonds is 5. The highest BCUT2D eigenvalue weighted by atomic mass is 16.5. The fourth-order valence-electron chi connectivity index (χ4n) is 3.24. The SMILES string of the molecule is COc1ccc(OC)c([C@@H]2CCN(C(=O)Cn3ccccc3=O)C2)c1. The fraction of sp³-hybridized carbons (Fsp3) is 0.368. The topological polar surface area (TPSA) is 60.8 Å². The van der Waals surface area contributed by atoms with Gasteiger partial charge in [-0.25, -0.2) is 0 Å². The third-order valence-electron chi connectivity index (χ3n) is 4.62. The first kappa shape index (κ1) is 17.1. The maximum absolute atomic E-state index is 12.5. The van der Waals surface area contributed by atoms with E-state index in [2.05, 4.69) is 0 Å². The van der Waals surface area contributed by atoms with Crippen molar-refractivity contribution in [1.82, 2.24) is 9.47 Å². The molecule has 1 saturated heterocycles. The first-order valence-corrected chi connectivity index (χ1v) is 8.27. The summed E-state index contributed by atoms with van der Waals surface area (Å²) in [6.07, 6.45) is 2.50. The van der Waals surface area contributed by atoms with Crippen LogP contribution in [0.5, 0.6) is 11.5 Å². The third-order valence-corrected chi connectivity index (χ3v) is 4.62. The van der Waals surface area contributed by atoms with Gasteiger partial charge in [-0.05, 0) is 30.7 Å². The van der Waals surface area contributed by atoms with Crippen LogP contribution in [-0.2, 0) is 11.3 Å². The lowest BCUT2D eigenvalue weighted by Crippen LogP contribution is -2.34. The highest BCUT2D eigenvalue weighted by molar-refractivity contribution is 5.76. The monoisotopic (exact) mass is 342 g/mol. The molecule has 0 aliphatic carbocycles. The van der Waals surface area contributed by atoms with Gasteiger partial charge in [0, 0.05) is 36.8 Å². The molecule has 1 atom stereocenters. The minimum absolute atomic E-state index is 0.0438. The molecule has 1 aliphatic rings. The Morgan fingerprint density at radius 2 is 2.04 bits per heavy atom. The number of pyridine rings is 1. The largest absolute Gasteiger partial charge is 0.497 e. The molecule has 1 fully saturated rings. The fourth-order valence-corrected chi connectivity index (χ4v) is 3.24. The molecule has 0 unspecified atom stereocenters. The van der Waals surface area contributed by atoms with E-state index in [9.17, 15) is 9.59 Å². The molecule has 25 heavy (non-hydrogen) atoms. The summed E-state index contributed by atoms with van der Waals surface area (Å²) in [5.41, 5.74) is 0.884. The predicted molar refractivity (Wildman–Crippen MR) is 94.2 cm³/mol. The van der Waals surface area contributed by atoms with Crippen LogP contribution in [0.2, 0.25) is 0 Å².